The Labute approximate surface area is 205 Å². The van der Waals surface area contributed by atoms with Gasteiger partial charge in [-0.25, -0.2) is 0 Å². The fourth-order valence-corrected chi connectivity index (χ4v) is 5.53. The van der Waals surface area contributed by atoms with E-state index < -0.39 is 23.4 Å². The molecule has 1 saturated heterocycles. The molecule has 0 N–H and O–H groups in total. The number of hydrogen-bond donors (Lipinski definition) is 0. The van der Waals surface area contributed by atoms with Crippen molar-refractivity contribution in [2.45, 2.75) is 18.0 Å². The Kier molecular flexibility index (Phi) is 5.33. The maximum Gasteiger partial charge on any atom is 0.185 e. The van der Waals surface area contributed by atoms with E-state index in [0.29, 0.717) is 10.6 Å². The summed E-state index contributed by atoms with van der Waals surface area (Å²) in [5.41, 5.74) is 1.49. The minimum Gasteiger partial charge on any atom is -0.351 e. The summed E-state index contributed by atoms with van der Waals surface area (Å²) >= 11 is 9.69. The zero-order valence-electron chi connectivity index (χ0n) is 17.3. The highest BCUT2D eigenvalue weighted by molar-refractivity contribution is 9.10. The van der Waals surface area contributed by atoms with E-state index in [2.05, 4.69) is 28.1 Å². The monoisotopic (exact) mass is 513 g/mol. The number of fused-ring (bicyclic) bond motifs is 3. The lowest BCUT2D eigenvalue weighted by Gasteiger charge is -2.35. The second kappa shape index (κ2) is 8.19. The maximum absolute atomic E-state index is 14.0. The second-order valence-corrected chi connectivity index (χ2v) is 9.56. The Hall–Kier alpha value is -3.38. The zero-order chi connectivity index (χ0) is 23.2. The number of nitrogens with zero attached hydrogens (tertiary/aromatic N) is 3. The van der Waals surface area contributed by atoms with Gasteiger partial charge in [0.15, 0.2) is 11.2 Å². The summed E-state index contributed by atoms with van der Waals surface area (Å²) in [6, 6.07) is 25.3. The van der Waals surface area contributed by atoms with Crippen LogP contribution in [-0.2, 0) is 0 Å². The Bertz CT molecular complexity index is 1340. The third kappa shape index (κ3) is 3.28. The number of halogens is 2. The molecule has 0 aromatic heterocycles. The zero-order valence-corrected chi connectivity index (χ0v) is 19.7. The molecule has 33 heavy (non-hydrogen) atoms. The van der Waals surface area contributed by atoms with Gasteiger partial charge in [-0.05, 0) is 41.5 Å². The molecule has 0 radical (unpaired) electrons. The van der Waals surface area contributed by atoms with Crippen molar-refractivity contribution in [3.63, 3.8) is 0 Å². The Morgan fingerprint density at radius 2 is 1.70 bits per heavy atom. The summed E-state index contributed by atoms with van der Waals surface area (Å²) < 4.78 is 0.882. The predicted molar refractivity (Wildman–Crippen MR) is 132 cm³/mol. The van der Waals surface area contributed by atoms with Crippen molar-refractivity contribution in [1.29, 1.82) is 10.5 Å². The lowest BCUT2D eigenvalue weighted by atomic mass is 9.69. The number of benzene rings is 3. The van der Waals surface area contributed by atoms with E-state index in [1.807, 2.05) is 71.6 Å². The van der Waals surface area contributed by atoms with E-state index in [-0.39, 0.29) is 5.78 Å². The number of carbonyl (C=O) groups is 1. The van der Waals surface area contributed by atoms with E-state index in [0.717, 1.165) is 21.3 Å². The molecule has 3 aromatic rings. The Balaban J connectivity index is 1.79. The quantitative estimate of drug-likeness (QED) is 0.380. The van der Waals surface area contributed by atoms with Crippen molar-refractivity contribution >= 4 is 45.1 Å². The molecule has 0 spiro atoms. The SMILES string of the molecule is N#CC1(C#N)[C@H](c2ccc(Br)cc2)[C@H](C(=O)c2ccccc2)N2c3ccc(Cl)cc3C=C[C@H]21. The summed E-state index contributed by atoms with van der Waals surface area (Å²) in [6.45, 7) is 0. The molecule has 2 aliphatic rings. The summed E-state index contributed by atoms with van der Waals surface area (Å²) in [6.07, 6.45) is 3.75. The van der Waals surface area contributed by atoms with Crippen LogP contribution in [0.5, 0.6) is 0 Å². The van der Waals surface area contributed by atoms with Crippen molar-refractivity contribution in [2.75, 3.05) is 4.90 Å². The number of rotatable bonds is 3. The summed E-state index contributed by atoms with van der Waals surface area (Å²) in [5.74, 6) is -0.790. The number of carbonyl (C=O) groups excluding carboxylic acids is 1. The number of hydrogen-bond acceptors (Lipinski definition) is 4. The molecule has 0 aliphatic carbocycles. The van der Waals surface area contributed by atoms with Crippen molar-refractivity contribution in [1.82, 2.24) is 0 Å². The molecule has 2 aliphatic heterocycles. The van der Waals surface area contributed by atoms with E-state index in [1.165, 1.54) is 0 Å². The normalized spacial score (nSPS) is 22.1. The number of Topliss-reactive ketones (excluding diaryl/α,β-unsaturated/α-hetero) is 1. The van der Waals surface area contributed by atoms with Crippen LogP contribution in [0.4, 0.5) is 5.69 Å². The van der Waals surface area contributed by atoms with Gasteiger partial charge in [-0.2, -0.15) is 10.5 Å². The van der Waals surface area contributed by atoms with Gasteiger partial charge in [-0.15, -0.1) is 0 Å². The van der Waals surface area contributed by atoms with Gasteiger partial charge in [0.25, 0.3) is 0 Å². The Morgan fingerprint density at radius 3 is 2.36 bits per heavy atom. The molecule has 4 nitrogen and oxygen atoms in total. The molecule has 160 valence electrons. The van der Waals surface area contributed by atoms with Gasteiger partial charge in [0.2, 0.25) is 0 Å². The van der Waals surface area contributed by atoms with Crippen molar-refractivity contribution in [3.8, 4) is 12.1 Å². The van der Waals surface area contributed by atoms with Crippen LogP contribution in [0.2, 0.25) is 5.02 Å². The lowest BCUT2D eigenvalue weighted by molar-refractivity contribution is 0.0951. The molecule has 6 heteroatoms. The van der Waals surface area contributed by atoms with Crippen LogP contribution in [0.3, 0.4) is 0 Å². The topological polar surface area (TPSA) is 67.9 Å². The first-order chi connectivity index (χ1) is 16.0. The van der Waals surface area contributed by atoms with E-state index in [9.17, 15) is 15.3 Å². The first kappa shape index (κ1) is 21.5. The van der Waals surface area contributed by atoms with Crippen molar-refractivity contribution in [3.05, 3.63) is 105 Å². The van der Waals surface area contributed by atoms with Crippen LogP contribution in [0.25, 0.3) is 6.08 Å². The minimum atomic E-state index is -1.46. The number of nitriles is 2. The third-order valence-electron chi connectivity index (χ3n) is 6.52. The van der Waals surface area contributed by atoms with Crippen LogP contribution in [0, 0.1) is 28.1 Å². The van der Waals surface area contributed by atoms with Crippen molar-refractivity contribution in [2.24, 2.45) is 5.41 Å². The van der Waals surface area contributed by atoms with Crippen LogP contribution >= 0.6 is 27.5 Å². The van der Waals surface area contributed by atoms with Crippen molar-refractivity contribution < 1.29 is 4.79 Å². The first-order valence-corrected chi connectivity index (χ1v) is 11.6. The third-order valence-corrected chi connectivity index (χ3v) is 7.29. The van der Waals surface area contributed by atoms with Gasteiger partial charge in [-0.3, -0.25) is 4.79 Å². The van der Waals surface area contributed by atoms with E-state index in [1.54, 1.807) is 18.2 Å². The van der Waals surface area contributed by atoms with Gasteiger partial charge in [0.05, 0.1) is 18.2 Å². The molecule has 5 rings (SSSR count). The molecule has 0 saturated carbocycles. The van der Waals surface area contributed by atoms with E-state index in [4.69, 9.17) is 11.6 Å². The standard InChI is InChI=1S/C27H17BrClN3O/c28-20-9-6-17(7-10-20)24-25(26(33)18-4-2-1-3-5-18)32-22-12-11-21(29)14-19(22)8-13-23(32)27(24,15-30)16-31/h1-14,23-25H/t23-,24+,25+/m0/s1. The molecule has 0 amide bonds. The first-order valence-electron chi connectivity index (χ1n) is 10.4. The fraction of sp³-hybridized carbons (Fsp3) is 0.148. The summed E-state index contributed by atoms with van der Waals surface area (Å²) in [5, 5.41) is 21.4. The highest BCUT2D eigenvalue weighted by atomic mass is 79.9. The average molecular weight is 515 g/mol. The minimum absolute atomic E-state index is 0.128. The van der Waals surface area contributed by atoms with Crippen LogP contribution in [-0.4, -0.2) is 17.9 Å². The highest BCUT2D eigenvalue weighted by Gasteiger charge is 2.63. The molecule has 0 bridgehead atoms. The fourth-order valence-electron chi connectivity index (χ4n) is 5.08. The van der Waals surface area contributed by atoms with Gasteiger partial charge in [0.1, 0.15) is 6.04 Å². The van der Waals surface area contributed by atoms with Crippen LogP contribution in [0.1, 0.15) is 27.4 Å². The molecular weight excluding hydrogens is 498 g/mol. The van der Waals surface area contributed by atoms with Crippen LogP contribution < -0.4 is 4.90 Å². The Morgan fingerprint density at radius 1 is 1.00 bits per heavy atom. The molecule has 0 unspecified atom stereocenters. The molecule has 1 fully saturated rings. The molecule has 3 aromatic carbocycles. The molecule has 3 atom stereocenters. The van der Waals surface area contributed by atoms with Gasteiger partial charge >= 0.3 is 0 Å². The molecule has 2 heterocycles. The number of anilines is 1. The number of ketones is 1. The maximum atomic E-state index is 14.0. The smallest absolute Gasteiger partial charge is 0.185 e. The van der Waals surface area contributed by atoms with Gasteiger partial charge in [-0.1, -0.05) is 82.1 Å². The predicted octanol–water partition coefficient (Wildman–Crippen LogP) is 6.39. The second-order valence-electron chi connectivity index (χ2n) is 8.21. The highest BCUT2D eigenvalue weighted by Crippen LogP contribution is 2.55. The largest absolute Gasteiger partial charge is 0.351 e. The lowest BCUT2D eigenvalue weighted by Crippen LogP contribution is -2.44. The summed E-state index contributed by atoms with van der Waals surface area (Å²) in [7, 11) is 0. The molecular formula is C27H17BrClN3O. The average Bonchev–Trinajstić information content (AvgIpc) is 3.15. The van der Waals surface area contributed by atoms with Crippen LogP contribution in [0.15, 0.2) is 83.3 Å². The summed E-state index contributed by atoms with van der Waals surface area (Å²) in [4.78, 5) is 16.0. The van der Waals surface area contributed by atoms with Gasteiger partial charge < -0.3 is 4.90 Å². The van der Waals surface area contributed by atoms with Gasteiger partial charge in [0, 0.05) is 26.7 Å². The van der Waals surface area contributed by atoms with E-state index >= 15 is 0 Å².